The first-order valence-corrected chi connectivity index (χ1v) is 6.11. The summed E-state index contributed by atoms with van der Waals surface area (Å²) in [5.41, 5.74) is -0.407. The highest BCUT2D eigenvalue weighted by Gasteiger charge is 2.29. The highest BCUT2D eigenvalue weighted by atomic mass is 19.4. The second-order valence-electron chi connectivity index (χ2n) is 4.19. The molecule has 0 spiro atoms. The lowest BCUT2D eigenvalue weighted by Crippen LogP contribution is -2.37. The number of hydrogen-bond acceptors (Lipinski definition) is 1. The summed E-state index contributed by atoms with van der Waals surface area (Å²) in [5, 5.41) is 5.24. The second kappa shape index (κ2) is 6.45. The Morgan fingerprint density at radius 3 is 2.11 bits per heavy atom. The Morgan fingerprint density at radius 2 is 1.68 bits per heavy atom. The molecular weight excluding hydrogens is 257 g/mol. The van der Waals surface area contributed by atoms with Gasteiger partial charge in [-0.05, 0) is 37.1 Å². The summed E-state index contributed by atoms with van der Waals surface area (Å²) in [4.78, 5) is 11.6. The quantitative estimate of drug-likeness (QED) is 0.855. The van der Waals surface area contributed by atoms with Crippen molar-refractivity contribution in [3.05, 3.63) is 29.8 Å². The molecule has 0 bridgehead atoms. The van der Waals surface area contributed by atoms with Gasteiger partial charge in [-0.15, -0.1) is 0 Å². The normalized spacial score (nSPS) is 11.5. The van der Waals surface area contributed by atoms with Crippen LogP contribution in [0.5, 0.6) is 0 Å². The lowest BCUT2D eigenvalue weighted by Gasteiger charge is -2.15. The first-order valence-electron chi connectivity index (χ1n) is 6.11. The number of amides is 2. The van der Waals surface area contributed by atoms with Crippen LogP contribution in [0.15, 0.2) is 24.3 Å². The molecule has 2 N–H and O–H groups in total. The summed E-state index contributed by atoms with van der Waals surface area (Å²) in [5.74, 6) is 0. The maximum absolute atomic E-state index is 12.3. The molecule has 0 saturated heterocycles. The van der Waals surface area contributed by atoms with Crippen molar-refractivity contribution >= 4 is 11.7 Å². The van der Waals surface area contributed by atoms with Crippen LogP contribution in [0.2, 0.25) is 0 Å². The third kappa shape index (κ3) is 4.81. The lowest BCUT2D eigenvalue weighted by atomic mass is 10.2. The maximum atomic E-state index is 12.3. The number of anilines is 1. The van der Waals surface area contributed by atoms with Crippen molar-refractivity contribution in [3.63, 3.8) is 0 Å². The molecule has 0 fully saturated rings. The standard InChI is InChI=1S/C13H17F3N2O/c1-3-10(4-2)17-12(19)18-11-7-5-9(6-8-11)13(14,15)16/h5-8,10H,3-4H2,1-2H3,(H2,17,18,19). The average Bonchev–Trinajstić information content (AvgIpc) is 2.35. The molecule has 0 aliphatic rings. The van der Waals surface area contributed by atoms with Gasteiger partial charge in [-0.3, -0.25) is 0 Å². The third-order valence-corrected chi connectivity index (χ3v) is 2.79. The summed E-state index contributed by atoms with van der Waals surface area (Å²) in [6, 6.07) is 3.99. The second-order valence-corrected chi connectivity index (χ2v) is 4.19. The molecule has 6 heteroatoms. The van der Waals surface area contributed by atoms with Gasteiger partial charge in [0.2, 0.25) is 0 Å². The first kappa shape index (κ1) is 15.3. The summed E-state index contributed by atoms with van der Waals surface area (Å²) in [7, 11) is 0. The van der Waals surface area contributed by atoms with E-state index in [1.54, 1.807) is 0 Å². The number of carbonyl (C=O) groups excluding carboxylic acids is 1. The van der Waals surface area contributed by atoms with E-state index in [0.29, 0.717) is 5.69 Å². The molecule has 0 aromatic heterocycles. The number of hydrogen-bond donors (Lipinski definition) is 2. The minimum Gasteiger partial charge on any atom is -0.335 e. The fourth-order valence-corrected chi connectivity index (χ4v) is 1.59. The molecule has 0 saturated carbocycles. The monoisotopic (exact) mass is 274 g/mol. The molecule has 0 aliphatic carbocycles. The molecule has 0 radical (unpaired) electrons. The van der Waals surface area contributed by atoms with E-state index in [0.717, 1.165) is 25.0 Å². The zero-order valence-electron chi connectivity index (χ0n) is 10.8. The van der Waals surface area contributed by atoms with Crippen LogP contribution in [-0.2, 0) is 6.18 Å². The van der Waals surface area contributed by atoms with E-state index in [2.05, 4.69) is 10.6 Å². The van der Waals surface area contributed by atoms with Gasteiger partial charge in [-0.2, -0.15) is 13.2 Å². The Kier molecular flexibility index (Phi) is 5.20. The van der Waals surface area contributed by atoms with Gasteiger partial charge in [0.1, 0.15) is 0 Å². The van der Waals surface area contributed by atoms with E-state index in [1.807, 2.05) is 13.8 Å². The fraction of sp³-hybridized carbons (Fsp3) is 0.462. The van der Waals surface area contributed by atoms with Crippen molar-refractivity contribution in [3.8, 4) is 0 Å². The molecule has 2 amide bonds. The van der Waals surface area contributed by atoms with Crippen LogP contribution in [-0.4, -0.2) is 12.1 Å². The molecule has 3 nitrogen and oxygen atoms in total. The maximum Gasteiger partial charge on any atom is 0.416 e. The summed E-state index contributed by atoms with van der Waals surface area (Å²) in [6.07, 6.45) is -2.76. The number of rotatable bonds is 4. The summed E-state index contributed by atoms with van der Waals surface area (Å²) >= 11 is 0. The van der Waals surface area contributed by atoms with E-state index < -0.39 is 17.8 Å². The van der Waals surface area contributed by atoms with Crippen molar-refractivity contribution in [1.82, 2.24) is 5.32 Å². The predicted molar refractivity (Wildman–Crippen MR) is 68.0 cm³/mol. The molecule has 1 aromatic carbocycles. The van der Waals surface area contributed by atoms with Gasteiger partial charge in [-0.1, -0.05) is 13.8 Å². The van der Waals surface area contributed by atoms with E-state index in [1.165, 1.54) is 12.1 Å². The lowest BCUT2D eigenvalue weighted by molar-refractivity contribution is -0.137. The molecule has 19 heavy (non-hydrogen) atoms. The summed E-state index contributed by atoms with van der Waals surface area (Å²) in [6.45, 7) is 3.90. The molecule has 1 aromatic rings. The molecule has 0 aliphatic heterocycles. The number of nitrogens with one attached hydrogen (secondary N) is 2. The van der Waals surface area contributed by atoms with Crippen LogP contribution in [0.4, 0.5) is 23.7 Å². The highest BCUT2D eigenvalue weighted by molar-refractivity contribution is 5.89. The van der Waals surface area contributed by atoms with Crippen LogP contribution in [0, 0.1) is 0 Å². The van der Waals surface area contributed by atoms with Gasteiger partial charge in [0.15, 0.2) is 0 Å². The topological polar surface area (TPSA) is 41.1 Å². The highest BCUT2D eigenvalue weighted by Crippen LogP contribution is 2.29. The smallest absolute Gasteiger partial charge is 0.335 e. The van der Waals surface area contributed by atoms with Crippen LogP contribution in [0.1, 0.15) is 32.3 Å². The number of benzene rings is 1. The van der Waals surface area contributed by atoms with Crippen molar-refractivity contribution < 1.29 is 18.0 Å². The van der Waals surface area contributed by atoms with Gasteiger partial charge in [0.05, 0.1) is 5.56 Å². The van der Waals surface area contributed by atoms with Gasteiger partial charge in [0, 0.05) is 11.7 Å². The van der Waals surface area contributed by atoms with Crippen LogP contribution in [0.3, 0.4) is 0 Å². The summed E-state index contributed by atoms with van der Waals surface area (Å²) < 4.78 is 37.0. The minimum atomic E-state index is -4.36. The molecular formula is C13H17F3N2O. The van der Waals surface area contributed by atoms with Crippen molar-refractivity contribution in [2.45, 2.75) is 38.9 Å². The zero-order chi connectivity index (χ0) is 14.5. The Morgan fingerprint density at radius 1 is 1.16 bits per heavy atom. The molecule has 1 rings (SSSR count). The SMILES string of the molecule is CCC(CC)NC(=O)Nc1ccc(C(F)(F)F)cc1. The molecule has 0 atom stereocenters. The number of urea groups is 1. The first-order chi connectivity index (χ1) is 8.86. The van der Waals surface area contributed by atoms with E-state index in [-0.39, 0.29) is 6.04 Å². The van der Waals surface area contributed by atoms with Crippen LogP contribution < -0.4 is 10.6 Å². The predicted octanol–water partition coefficient (Wildman–Crippen LogP) is 4.02. The van der Waals surface area contributed by atoms with Gasteiger partial charge in [0.25, 0.3) is 0 Å². The minimum absolute atomic E-state index is 0.0643. The van der Waals surface area contributed by atoms with E-state index in [9.17, 15) is 18.0 Å². The molecule has 0 heterocycles. The number of carbonyl (C=O) groups is 1. The van der Waals surface area contributed by atoms with Crippen molar-refractivity contribution in [2.75, 3.05) is 5.32 Å². The van der Waals surface area contributed by atoms with Crippen LogP contribution >= 0.6 is 0 Å². The molecule has 0 unspecified atom stereocenters. The van der Waals surface area contributed by atoms with Gasteiger partial charge in [-0.25, -0.2) is 4.79 Å². The third-order valence-electron chi connectivity index (χ3n) is 2.79. The van der Waals surface area contributed by atoms with Gasteiger partial charge >= 0.3 is 12.2 Å². The van der Waals surface area contributed by atoms with Crippen LogP contribution in [0.25, 0.3) is 0 Å². The van der Waals surface area contributed by atoms with Gasteiger partial charge < -0.3 is 10.6 Å². The zero-order valence-corrected chi connectivity index (χ0v) is 10.8. The number of alkyl halides is 3. The van der Waals surface area contributed by atoms with E-state index >= 15 is 0 Å². The Hall–Kier alpha value is -1.72. The van der Waals surface area contributed by atoms with Crippen molar-refractivity contribution in [1.29, 1.82) is 0 Å². The van der Waals surface area contributed by atoms with Crippen molar-refractivity contribution in [2.24, 2.45) is 0 Å². The Bertz CT molecular complexity index is 411. The average molecular weight is 274 g/mol. The Labute approximate surface area is 110 Å². The largest absolute Gasteiger partial charge is 0.416 e. The number of halogens is 3. The molecule has 106 valence electrons. The Balaban J connectivity index is 2.61. The fourth-order valence-electron chi connectivity index (χ4n) is 1.59. The van der Waals surface area contributed by atoms with E-state index in [4.69, 9.17) is 0 Å².